The molecule has 1 amide bonds. The lowest BCUT2D eigenvalue weighted by Crippen LogP contribution is -2.28. The molecule has 3 N–H and O–H groups in total. The number of nitrogen functional groups attached to an aromatic ring is 1. The minimum absolute atomic E-state index is 0.303. The van der Waals surface area contributed by atoms with E-state index in [1.54, 1.807) is 6.92 Å². The van der Waals surface area contributed by atoms with Crippen LogP contribution >= 0.6 is 0 Å². The third-order valence-corrected chi connectivity index (χ3v) is 1.78. The molecule has 0 heterocycles. The largest absolute Gasteiger partial charge is 0.481 e. The van der Waals surface area contributed by atoms with Crippen LogP contribution in [-0.4, -0.2) is 19.1 Å². The molecule has 0 saturated carbocycles. The molecule has 6 heteroatoms. The van der Waals surface area contributed by atoms with Gasteiger partial charge in [-0.15, -0.1) is 0 Å². The highest BCUT2D eigenvalue weighted by molar-refractivity contribution is 5.77. The SMILES string of the molecule is CCNC(=O)COc1cc(F)c(N)cc1F. The molecule has 88 valence electrons. The van der Waals surface area contributed by atoms with Crippen LogP contribution in [0.3, 0.4) is 0 Å². The van der Waals surface area contributed by atoms with Gasteiger partial charge in [0.15, 0.2) is 18.2 Å². The lowest BCUT2D eigenvalue weighted by Gasteiger charge is -2.08. The van der Waals surface area contributed by atoms with Gasteiger partial charge in [0.2, 0.25) is 0 Å². The molecule has 16 heavy (non-hydrogen) atoms. The molecular formula is C10H12F2N2O2. The molecule has 0 aliphatic heterocycles. The van der Waals surface area contributed by atoms with Gasteiger partial charge in [-0.1, -0.05) is 0 Å². The van der Waals surface area contributed by atoms with Crippen molar-refractivity contribution in [1.82, 2.24) is 5.32 Å². The predicted octanol–water partition coefficient (Wildman–Crippen LogP) is 1.06. The average molecular weight is 230 g/mol. The van der Waals surface area contributed by atoms with E-state index in [9.17, 15) is 13.6 Å². The van der Waals surface area contributed by atoms with Crippen LogP contribution in [0.5, 0.6) is 5.75 Å². The van der Waals surface area contributed by atoms with Gasteiger partial charge in [-0.25, -0.2) is 8.78 Å². The minimum atomic E-state index is -0.803. The summed E-state index contributed by atoms with van der Waals surface area (Å²) in [6.07, 6.45) is 0. The van der Waals surface area contributed by atoms with Crippen molar-refractivity contribution < 1.29 is 18.3 Å². The van der Waals surface area contributed by atoms with Gasteiger partial charge >= 0.3 is 0 Å². The van der Waals surface area contributed by atoms with E-state index in [-0.39, 0.29) is 18.0 Å². The summed E-state index contributed by atoms with van der Waals surface area (Å²) < 4.78 is 30.9. The standard InChI is InChI=1S/C10H12F2N2O2/c1-2-14-10(15)5-16-9-4-6(11)8(13)3-7(9)12/h3-4H,2,5,13H2,1H3,(H,14,15). The van der Waals surface area contributed by atoms with Crippen LogP contribution in [-0.2, 0) is 4.79 Å². The monoisotopic (exact) mass is 230 g/mol. The minimum Gasteiger partial charge on any atom is -0.481 e. The summed E-state index contributed by atoms with van der Waals surface area (Å²) >= 11 is 0. The number of likely N-dealkylation sites (N-methyl/N-ethyl adjacent to an activating group) is 1. The van der Waals surface area contributed by atoms with Gasteiger partial charge in [-0.2, -0.15) is 0 Å². The first-order chi connectivity index (χ1) is 7.54. The third-order valence-electron chi connectivity index (χ3n) is 1.78. The zero-order valence-corrected chi connectivity index (χ0v) is 8.72. The maximum absolute atomic E-state index is 13.2. The number of hydrogen-bond acceptors (Lipinski definition) is 3. The number of rotatable bonds is 4. The molecule has 1 rings (SSSR count). The maximum Gasteiger partial charge on any atom is 0.257 e. The van der Waals surface area contributed by atoms with Gasteiger partial charge in [0.05, 0.1) is 5.69 Å². The number of carbonyl (C=O) groups excluding carboxylic acids is 1. The lowest BCUT2D eigenvalue weighted by atomic mass is 10.3. The van der Waals surface area contributed by atoms with E-state index in [0.29, 0.717) is 6.54 Å². The number of anilines is 1. The smallest absolute Gasteiger partial charge is 0.257 e. The van der Waals surface area contributed by atoms with E-state index >= 15 is 0 Å². The van der Waals surface area contributed by atoms with Crippen molar-refractivity contribution in [2.45, 2.75) is 6.92 Å². The van der Waals surface area contributed by atoms with Crippen molar-refractivity contribution in [2.24, 2.45) is 0 Å². The Hall–Kier alpha value is -1.85. The second kappa shape index (κ2) is 5.29. The molecular weight excluding hydrogens is 218 g/mol. The molecule has 0 radical (unpaired) electrons. The molecule has 0 aliphatic rings. The predicted molar refractivity (Wildman–Crippen MR) is 54.9 cm³/mol. The third kappa shape index (κ3) is 3.08. The highest BCUT2D eigenvalue weighted by Crippen LogP contribution is 2.22. The van der Waals surface area contributed by atoms with E-state index in [0.717, 1.165) is 12.1 Å². The van der Waals surface area contributed by atoms with Gasteiger partial charge in [0.25, 0.3) is 5.91 Å². The van der Waals surface area contributed by atoms with Crippen molar-refractivity contribution in [2.75, 3.05) is 18.9 Å². The number of amides is 1. The molecule has 1 aromatic rings. The normalized spacial score (nSPS) is 9.94. The Morgan fingerprint density at radius 3 is 2.75 bits per heavy atom. The first-order valence-electron chi connectivity index (χ1n) is 4.68. The second-order valence-corrected chi connectivity index (χ2v) is 3.05. The molecule has 0 atom stereocenters. The maximum atomic E-state index is 13.2. The van der Waals surface area contributed by atoms with Crippen LogP contribution in [0, 0.1) is 11.6 Å². The lowest BCUT2D eigenvalue weighted by molar-refractivity contribution is -0.123. The number of nitrogens with one attached hydrogen (secondary N) is 1. The Morgan fingerprint density at radius 2 is 2.12 bits per heavy atom. The number of carbonyl (C=O) groups is 1. The fraction of sp³-hybridized carbons (Fsp3) is 0.300. The van der Waals surface area contributed by atoms with Crippen LogP contribution in [0.15, 0.2) is 12.1 Å². The van der Waals surface area contributed by atoms with Gasteiger partial charge in [0, 0.05) is 18.7 Å². The Kier molecular flexibility index (Phi) is 4.04. The molecule has 0 bridgehead atoms. The van der Waals surface area contributed by atoms with E-state index in [4.69, 9.17) is 10.5 Å². The van der Waals surface area contributed by atoms with Crippen LogP contribution in [0.1, 0.15) is 6.92 Å². The van der Waals surface area contributed by atoms with Crippen molar-refractivity contribution in [3.05, 3.63) is 23.8 Å². The molecule has 1 aromatic carbocycles. The summed E-state index contributed by atoms with van der Waals surface area (Å²) in [7, 11) is 0. The van der Waals surface area contributed by atoms with Crippen molar-refractivity contribution in [1.29, 1.82) is 0 Å². The fourth-order valence-corrected chi connectivity index (χ4v) is 1.05. The van der Waals surface area contributed by atoms with Gasteiger partial charge in [0.1, 0.15) is 5.82 Å². The van der Waals surface area contributed by atoms with Crippen LogP contribution in [0.4, 0.5) is 14.5 Å². The first-order valence-corrected chi connectivity index (χ1v) is 4.68. The summed E-state index contributed by atoms with van der Waals surface area (Å²) in [4.78, 5) is 11.0. The number of hydrogen-bond donors (Lipinski definition) is 2. The quantitative estimate of drug-likeness (QED) is 0.760. The molecule has 0 spiro atoms. The Labute approximate surface area is 91.4 Å². The van der Waals surface area contributed by atoms with E-state index in [1.165, 1.54) is 0 Å². The Bertz CT molecular complexity index is 397. The highest BCUT2D eigenvalue weighted by Gasteiger charge is 2.10. The molecule has 0 unspecified atom stereocenters. The van der Waals surface area contributed by atoms with Crippen LogP contribution < -0.4 is 15.8 Å². The number of ether oxygens (including phenoxy) is 1. The van der Waals surface area contributed by atoms with Crippen molar-refractivity contribution >= 4 is 11.6 Å². The average Bonchev–Trinajstić information content (AvgIpc) is 2.22. The second-order valence-electron chi connectivity index (χ2n) is 3.05. The van der Waals surface area contributed by atoms with E-state index < -0.39 is 17.5 Å². The summed E-state index contributed by atoms with van der Waals surface area (Å²) in [6.45, 7) is 1.82. The van der Waals surface area contributed by atoms with E-state index in [2.05, 4.69) is 5.32 Å². The highest BCUT2D eigenvalue weighted by atomic mass is 19.1. The molecule has 0 fully saturated rings. The van der Waals surface area contributed by atoms with Crippen LogP contribution in [0.2, 0.25) is 0 Å². The van der Waals surface area contributed by atoms with Gasteiger partial charge < -0.3 is 15.8 Å². The summed E-state index contributed by atoms with van der Waals surface area (Å²) in [5.41, 5.74) is 4.84. The summed E-state index contributed by atoms with van der Waals surface area (Å²) in [6, 6.07) is 1.62. The van der Waals surface area contributed by atoms with Crippen molar-refractivity contribution in [3.8, 4) is 5.75 Å². The molecule has 0 aliphatic carbocycles. The number of halogens is 2. The Balaban J connectivity index is 2.67. The Morgan fingerprint density at radius 1 is 1.44 bits per heavy atom. The number of nitrogens with two attached hydrogens (primary N) is 1. The zero-order chi connectivity index (χ0) is 12.1. The van der Waals surface area contributed by atoms with Gasteiger partial charge in [-0.3, -0.25) is 4.79 Å². The van der Waals surface area contributed by atoms with Gasteiger partial charge in [-0.05, 0) is 6.92 Å². The topological polar surface area (TPSA) is 64.3 Å². The zero-order valence-electron chi connectivity index (χ0n) is 8.72. The molecule has 4 nitrogen and oxygen atoms in total. The van der Waals surface area contributed by atoms with Crippen LogP contribution in [0.25, 0.3) is 0 Å². The molecule has 0 aromatic heterocycles. The molecule has 0 saturated heterocycles. The summed E-state index contributed by atoms with van der Waals surface area (Å²) in [5.74, 6) is -2.33. The van der Waals surface area contributed by atoms with Crippen molar-refractivity contribution in [3.63, 3.8) is 0 Å². The summed E-state index contributed by atoms with van der Waals surface area (Å²) in [5, 5.41) is 2.46. The number of benzene rings is 1. The first kappa shape index (κ1) is 12.2. The fourth-order valence-electron chi connectivity index (χ4n) is 1.05. The van der Waals surface area contributed by atoms with E-state index in [1.807, 2.05) is 0 Å².